The van der Waals surface area contributed by atoms with Crippen LogP contribution in [0.4, 0.5) is 13.2 Å². The van der Waals surface area contributed by atoms with E-state index in [1.54, 1.807) is 24.3 Å². The van der Waals surface area contributed by atoms with Gasteiger partial charge in [0.25, 0.3) is 0 Å². The summed E-state index contributed by atoms with van der Waals surface area (Å²) in [4.78, 5) is 0. The van der Waals surface area contributed by atoms with E-state index in [1.165, 1.54) is 12.1 Å². The fourth-order valence-electron chi connectivity index (χ4n) is 2.23. The zero-order valence-corrected chi connectivity index (χ0v) is 10.8. The van der Waals surface area contributed by atoms with Crippen LogP contribution in [0.3, 0.4) is 0 Å². The lowest BCUT2D eigenvalue weighted by Gasteiger charge is -2.06. The number of halogens is 3. The summed E-state index contributed by atoms with van der Waals surface area (Å²) >= 11 is 0. The molecule has 0 aromatic heterocycles. The Bertz CT molecular complexity index is 683. The molecule has 2 aromatic carbocycles. The Morgan fingerprint density at radius 2 is 1.33 bits per heavy atom. The molecule has 0 saturated carbocycles. The molecule has 1 heterocycles. The highest BCUT2D eigenvalue weighted by molar-refractivity contribution is 5.36. The first-order chi connectivity index (χ1) is 9.99. The van der Waals surface area contributed by atoms with E-state index in [4.69, 9.17) is 10.00 Å². The third-order valence-corrected chi connectivity index (χ3v) is 3.43. The van der Waals surface area contributed by atoms with E-state index in [-0.39, 0.29) is 12.2 Å². The van der Waals surface area contributed by atoms with Gasteiger partial charge in [0.2, 0.25) is 0 Å². The molecule has 0 unspecified atom stereocenters. The lowest BCUT2D eigenvalue weighted by molar-refractivity contribution is -0.137. The summed E-state index contributed by atoms with van der Waals surface area (Å²) in [6.45, 7) is 0. The number of ether oxygens (including phenoxy) is 1. The van der Waals surface area contributed by atoms with Crippen LogP contribution in [0, 0.1) is 11.3 Å². The Balaban J connectivity index is 1.74. The predicted molar refractivity (Wildman–Crippen MR) is 69.2 cm³/mol. The smallest absolute Gasteiger partial charge is 0.359 e. The molecule has 0 N–H and O–H groups in total. The van der Waals surface area contributed by atoms with Gasteiger partial charge in [-0.25, -0.2) is 0 Å². The zero-order valence-electron chi connectivity index (χ0n) is 10.8. The number of epoxide rings is 1. The van der Waals surface area contributed by atoms with Crippen LogP contribution in [0.2, 0.25) is 0 Å². The molecule has 1 aliphatic rings. The lowest BCUT2D eigenvalue weighted by Crippen LogP contribution is -2.04. The predicted octanol–water partition coefficient (Wildman–Crippen LogP) is 4.39. The number of nitriles is 1. The van der Waals surface area contributed by atoms with Crippen LogP contribution in [0.5, 0.6) is 0 Å². The summed E-state index contributed by atoms with van der Waals surface area (Å²) in [7, 11) is 0. The Kier molecular flexibility index (Phi) is 3.19. The number of alkyl halides is 3. The Labute approximate surface area is 119 Å². The molecule has 0 spiro atoms. The van der Waals surface area contributed by atoms with Gasteiger partial charge in [0.15, 0.2) is 0 Å². The third-order valence-electron chi connectivity index (χ3n) is 3.43. The molecule has 5 heteroatoms. The first kappa shape index (κ1) is 13.7. The summed E-state index contributed by atoms with van der Waals surface area (Å²) in [5, 5.41) is 8.73. The molecule has 0 aliphatic carbocycles. The Morgan fingerprint density at radius 3 is 1.76 bits per heavy atom. The van der Waals surface area contributed by atoms with Gasteiger partial charge in [-0.15, -0.1) is 0 Å². The van der Waals surface area contributed by atoms with Crippen LogP contribution in [0.25, 0.3) is 0 Å². The van der Waals surface area contributed by atoms with Crippen molar-refractivity contribution in [2.75, 3.05) is 0 Å². The molecule has 2 atom stereocenters. The van der Waals surface area contributed by atoms with E-state index in [0.29, 0.717) is 5.56 Å². The molecular formula is C16H10F3NO. The number of benzene rings is 2. The molecule has 2 aromatic rings. The second kappa shape index (κ2) is 4.90. The van der Waals surface area contributed by atoms with Gasteiger partial charge in [-0.3, -0.25) is 0 Å². The molecule has 1 aliphatic heterocycles. The molecule has 1 fully saturated rings. The fourth-order valence-corrected chi connectivity index (χ4v) is 2.23. The summed E-state index contributed by atoms with van der Waals surface area (Å²) in [6, 6.07) is 14.0. The molecule has 21 heavy (non-hydrogen) atoms. The van der Waals surface area contributed by atoms with Crippen molar-refractivity contribution in [1.82, 2.24) is 0 Å². The van der Waals surface area contributed by atoms with E-state index in [2.05, 4.69) is 0 Å². The maximum absolute atomic E-state index is 12.5. The van der Waals surface area contributed by atoms with Crippen LogP contribution in [-0.2, 0) is 10.9 Å². The summed E-state index contributed by atoms with van der Waals surface area (Å²) < 4.78 is 43.0. The number of hydrogen-bond donors (Lipinski definition) is 0. The van der Waals surface area contributed by atoms with Gasteiger partial charge in [0.1, 0.15) is 12.2 Å². The van der Waals surface area contributed by atoms with E-state index in [0.717, 1.165) is 23.3 Å². The number of rotatable bonds is 2. The largest absolute Gasteiger partial charge is 0.416 e. The quantitative estimate of drug-likeness (QED) is 0.769. The van der Waals surface area contributed by atoms with Crippen molar-refractivity contribution in [2.24, 2.45) is 0 Å². The highest BCUT2D eigenvalue weighted by Gasteiger charge is 2.41. The van der Waals surface area contributed by atoms with Crippen LogP contribution in [0.1, 0.15) is 34.5 Å². The van der Waals surface area contributed by atoms with Gasteiger partial charge < -0.3 is 4.74 Å². The van der Waals surface area contributed by atoms with Crippen LogP contribution in [0.15, 0.2) is 48.5 Å². The van der Waals surface area contributed by atoms with E-state index in [1.807, 2.05) is 6.07 Å². The average Bonchev–Trinajstić information content (AvgIpc) is 3.27. The van der Waals surface area contributed by atoms with Gasteiger partial charge in [0.05, 0.1) is 17.2 Å². The lowest BCUT2D eigenvalue weighted by atomic mass is 10.0. The van der Waals surface area contributed by atoms with Gasteiger partial charge in [-0.1, -0.05) is 24.3 Å². The normalized spacial score (nSPS) is 20.9. The maximum Gasteiger partial charge on any atom is 0.416 e. The number of nitrogens with zero attached hydrogens (tertiary/aromatic N) is 1. The van der Waals surface area contributed by atoms with Gasteiger partial charge in [-0.05, 0) is 35.4 Å². The average molecular weight is 289 g/mol. The molecule has 0 amide bonds. The van der Waals surface area contributed by atoms with Crippen molar-refractivity contribution in [3.05, 3.63) is 70.8 Å². The molecular weight excluding hydrogens is 279 g/mol. The minimum atomic E-state index is -4.32. The Hall–Kier alpha value is -2.32. The molecule has 3 rings (SSSR count). The van der Waals surface area contributed by atoms with E-state index in [9.17, 15) is 13.2 Å². The molecule has 1 saturated heterocycles. The van der Waals surface area contributed by atoms with E-state index < -0.39 is 11.7 Å². The fraction of sp³-hybridized carbons (Fsp3) is 0.188. The maximum atomic E-state index is 12.5. The second-order valence-electron chi connectivity index (χ2n) is 4.83. The first-order valence-electron chi connectivity index (χ1n) is 6.32. The Morgan fingerprint density at radius 1 is 0.857 bits per heavy atom. The minimum absolute atomic E-state index is 0.158. The van der Waals surface area contributed by atoms with E-state index >= 15 is 0 Å². The molecule has 0 radical (unpaired) electrons. The summed E-state index contributed by atoms with van der Waals surface area (Å²) in [5.41, 5.74) is 1.53. The minimum Gasteiger partial charge on any atom is -0.359 e. The van der Waals surface area contributed by atoms with Crippen LogP contribution >= 0.6 is 0 Å². The third kappa shape index (κ3) is 2.76. The van der Waals surface area contributed by atoms with Crippen molar-refractivity contribution >= 4 is 0 Å². The summed E-state index contributed by atoms with van der Waals surface area (Å²) in [5.74, 6) is 0. The molecule has 0 bridgehead atoms. The highest BCUT2D eigenvalue weighted by Crippen LogP contribution is 2.51. The summed E-state index contributed by atoms with van der Waals surface area (Å²) in [6.07, 6.45) is -4.70. The van der Waals surface area contributed by atoms with Crippen molar-refractivity contribution in [3.63, 3.8) is 0 Å². The van der Waals surface area contributed by atoms with Gasteiger partial charge in [-0.2, -0.15) is 18.4 Å². The first-order valence-corrected chi connectivity index (χ1v) is 6.32. The van der Waals surface area contributed by atoms with Gasteiger partial charge in [0, 0.05) is 0 Å². The standard InChI is InChI=1S/C16H10F3NO/c17-16(18,19)13-7-5-12(6-8-13)15-14(21-15)11-3-1-10(9-20)2-4-11/h1-8,14-15H/t14-,15+/m0/s1. The van der Waals surface area contributed by atoms with Crippen molar-refractivity contribution in [3.8, 4) is 6.07 Å². The second-order valence-corrected chi connectivity index (χ2v) is 4.83. The monoisotopic (exact) mass is 289 g/mol. The van der Waals surface area contributed by atoms with Crippen LogP contribution in [-0.4, -0.2) is 0 Å². The zero-order chi connectivity index (χ0) is 15.0. The van der Waals surface area contributed by atoms with Crippen molar-refractivity contribution in [2.45, 2.75) is 18.4 Å². The topological polar surface area (TPSA) is 36.3 Å². The van der Waals surface area contributed by atoms with Crippen molar-refractivity contribution < 1.29 is 17.9 Å². The molecule has 2 nitrogen and oxygen atoms in total. The van der Waals surface area contributed by atoms with Gasteiger partial charge >= 0.3 is 6.18 Å². The highest BCUT2D eigenvalue weighted by atomic mass is 19.4. The van der Waals surface area contributed by atoms with Crippen molar-refractivity contribution in [1.29, 1.82) is 5.26 Å². The number of hydrogen-bond acceptors (Lipinski definition) is 2. The molecule has 106 valence electrons. The van der Waals surface area contributed by atoms with Crippen LogP contribution < -0.4 is 0 Å². The SMILES string of the molecule is N#Cc1ccc([C@@H]2O[C@@H]2c2ccc(C(F)(F)F)cc2)cc1.